The first kappa shape index (κ1) is 24.8. The van der Waals surface area contributed by atoms with Gasteiger partial charge in [-0.3, -0.25) is 14.4 Å². The number of hydrogen-bond acceptors (Lipinski definition) is 6. The highest BCUT2D eigenvalue weighted by Crippen LogP contribution is 2.46. The van der Waals surface area contributed by atoms with Crippen molar-refractivity contribution in [2.45, 2.75) is 64.8 Å². The number of phenolic OH excluding ortho intramolecular Hbond substituents is 1. The van der Waals surface area contributed by atoms with Crippen LogP contribution in [0.15, 0.2) is 52.1 Å². The lowest BCUT2D eigenvalue weighted by Crippen LogP contribution is -2.42. The second kappa shape index (κ2) is 10.1. The molecule has 2 aromatic rings. The minimum Gasteiger partial charge on any atom is -0.505 e. The van der Waals surface area contributed by atoms with Gasteiger partial charge in [0.1, 0.15) is 11.4 Å². The van der Waals surface area contributed by atoms with Crippen LogP contribution in [0.5, 0.6) is 5.75 Å². The van der Waals surface area contributed by atoms with Crippen molar-refractivity contribution >= 4 is 23.0 Å². The minimum atomic E-state index is -0.651. The van der Waals surface area contributed by atoms with Crippen LogP contribution in [0.1, 0.15) is 69.2 Å². The fraction of sp³-hybridized carbons (Fsp3) is 0.464. The van der Waals surface area contributed by atoms with Crippen molar-refractivity contribution in [2.75, 3.05) is 23.7 Å². The van der Waals surface area contributed by atoms with Crippen molar-refractivity contribution in [1.29, 1.82) is 0 Å². The summed E-state index contributed by atoms with van der Waals surface area (Å²) in [5.41, 5.74) is 0.833. The van der Waals surface area contributed by atoms with Crippen molar-refractivity contribution in [2.24, 2.45) is 5.41 Å². The number of anilines is 3. The van der Waals surface area contributed by atoms with Crippen molar-refractivity contribution in [1.82, 2.24) is 4.90 Å². The summed E-state index contributed by atoms with van der Waals surface area (Å²) in [6, 6.07) is 4.72. The SMILES string of the molecule is C=CC=C(C)C(CC)Nc1c(Nc2cccc(C(=O)N3CCC4(CCCC4)CC3)c2O)c(=O)c1=O. The number of nitrogens with zero attached hydrogens (tertiary/aromatic N) is 1. The van der Waals surface area contributed by atoms with E-state index in [4.69, 9.17) is 0 Å². The van der Waals surface area contributed by atoms with Gasteiger partial charge in [-0.25, -0.2) is 0 Å². The molecular weight excluding hydrogens is 442 g/mol. The van der Waals surface area contributed by atoms with Crippen LogP contribution in [0.3, 0.4) is 0 Å². The number of carbonyl (C=O) groups is 1. The third-order valence-corrected chi connectivity index (χ3v) is 7.87. The Bertz CT molecular complexity index is 1210. The Balaban J connectivity index is 1.51. The number of likely N-dealkylation sites (tertiary alicyclic amines) is 1. The Morgan fingerprint density at radius 1 is 1.14 bits per heavy atom. The Morgan fingerprint density at radius 3 is 2.43 bits per heavy atom. The molecule has 1 heterocycles. The minimum absolute atomic E-state index is 0.0981. The summed E-state index contributed by atoms with van der Waals surface area (Å²) in [5.74, 6) is -0.425. The number of amides is 1. The van der Waals surface area contributed by atoms with E-state index in [9.17, 15) is 19.5 Å². The number of aromatic hydroxyl groups is 1. The first-order chi connectivity index (χ1) is 16.8. The zero-order valence-corrected chi connectivity index (χ0v) is 20.7. The summed E-state index contributed by atoms with van der Waals surface area (Å²) in [5, 5.41) is 17.0. The summed E-state index contributed by atoms with van der Waals surface area (Å²) in [4.78, 5) is 39.7. The Hall–Kier alpha value is -3.35. The summed E-state index contributed by atoms with van der Waals surface area (Å²) in [7, 11) is 0. The lowest BCUT2D eigenvalue weighted by Gasteiger charge is -2.39. The zero-order chi connectivity index (χ0) is 25.2. The van der Waals surface area contributed by atoms with Gasteiger partial charge < -0.3 is 20.6 Å². The number of phenols is 1. The quantitative estimate of drug-likeness (QED) is 0.286. The van der Waals surface area contributed by atoms with E-state index >= 15 is 0 Å². The Kier molecular flexibility index (Phi) is 7.15. The van der Waals surface area contributed by atoms with Crippen LogP contribution in [0.4, 0.5) is 17.1 Å². The first-order valence-electron chi connectivity index (χ1n) is 12.6. The van der Waals surface area contributed by atoms with Crippen LogP contribution < -0.4 is 21.5 Å². The third kappa shape index (κ3) is 4.77. The number of allylic oxidation sites excluding steroid dienone is 2. The van der Waals surface area contributed by atoms with E-state index in [-0.39, 0.29) is 40.3 Å². The van der Waals surface area contributed by atoms with Gasteiger partial charge in [-0.15, -0.1) is 0 Å². The van der Waals surface area contributed by atoms with Crippen LogP contribution in [-0.2, 0) is 0 Å². The molecule has 2 aliphatic rings. The first-order valence-corrected chi connectivity index (χ1v) is 12.6. The smallest absolute Gasteiger partial charge is 0.257 e. The van der Waals surface area contributed by atoms with Gasteiger partial charge in [-0.2, -0.15) is 0 Å². The lowest BCUT2D eigenvalue weighted by atomic mass is 9.77. The Morgan fingerprint density at radius 2 is 1.80 bits per heavy atom. The van der Waals surface area contributed by atoms with Gasteiger partial charge >= 0.3 is 0 Å². The predicted molar refractivity (Wildman–Crippen MR) is 140 cm³/mol. The van der Waals surface area contributed by atoms with Gasteiger partial charge in [0.15, 0.2) is 5.75 Å². The number of para-hydroxylation sites is 1. The van der Waals surface area contributed by atoms with E-state index in [1.165, 1.54) is 25.7 Å². The van der Waals surface area contributed by atoms with Crippen molar-refractivity contribution in [3.05, 3.63) is 68.5 Å². The molecule has 1 spiro atoms. The number of hydrogen-bond donors (Lipinski definition) is 3. The largest absolute Gasteiger partial charge is 0.505 e. The topological polar surface area (TPSA) is 98.7 Å². The molecule has 1 saturated carbocycles. The molecule has 1 aliphatic heterocycles. The average molecular weight is 478 g/mol. The molecule has 35 heavy (non-hydrogen) atoms. The van der Waals surface area contributed by atoms with Gasteiger partial charge in [0, 0.05) is 19.1 Å². The maximum absolute atomic E-state index is 13.2. The van der Waals surface area contributed by atoms with Gasteiger partial charge in [0.2, 0.25) is 0 Å². The maximum atomic E-state index is 13.2. The molecular formula is C28H35N3O4. The number of piperidine rings is 1. The molecule has 7 nitrogen and oxygen atoms in total. The van der Waals surface area contributed by atoms with Crippen LogP contribution in [0, 0.1) is 5.41 Å². The number of benzene rings is 1. The molecule has 7 heteroatoms. The zero-order valence-electron chi connectivity index (χ0n) is 20.7. The normalized spacial score (nSPS) is 18.6. The summed E-state index contributed by atoms with van der Waals surface area (Å²) in [6.07, 6.45) is 11.3. The second-order valence-corrected chi connectivity index (χ2v) is 9.99. The molecule has 4 rings (SSSR count). The van der Waals surface area contributed by atoms with Crippen LogP contribution in [0.2, 0.25) is 0 Å². The molecule has 1 aliphatic carbocycles. The molecule has 3 N–H and O–H groups in total. The summed E-state index contributed by atoms with van der Waals surface area (Å²) < 4.78 is 0. The molecule has 1 amide bonds. The number of carbonyl (C=O) groups excluding carboxylic acids is 1. The molecule has 186 valence electrons. The highest BCUT2D eigenvalue weighted by molar-refractivity contribution is 5.99. The molecule has 0 bridgehead atoms. The van der Waals surface area contributed by atoms with Crippen LogP contribution in [0.25, 0.3) is 0 Å². The molecule has 2 fully saturated rings. The number of nitrogens with one attached hydrogen (secondary N) is 2. The van der Waals surface area contributed by atoms with E-state index < -0.39 is 10.9 Å². The molecule has 0 radical (unpaired) electrons. The van der Waals surface area contributed by atoms with Gasteiger partial charge in [0.25, 0.3) is 16.8 Å². The summed E-state index contributed by atoms with van der Waals surface area (Å²) in [6.45, 7) is 9.00. The van der Waals surface area contributed by atoms with Gasteiger partial charge in [0.05, 0.1) is 11.3 Å². The highest BCUT2D eigenvalue weighted by Gasteiger charge is 2.38. The number of rotatable bonds is 8. The highest BCUT2D eigenvalue weighted by atomic mass is 16.3. The van der Waals surface area contributed by atoms with E-state index in [2.05, 4.69) is 17.2 Å². The van der Waals surface area contributed by atoms with E-state index in [0.29, 0.717) is 24.9 Å². The molecule has 0 aromatic heterocycles. The van der Waals surface area contributed by atoms with Crippen molar-refractivity contribution in [3.8, 4) is 5.75 Å². The summed E-state index contributed by atoms with van der Waals surface area (Å²) >= 11 is 0. The fourth-order valence-electron chi connectivity index (χ4n) is 5.59. The lowest BCUT2D eigenvalue weighted by molar-refractivity contribution is 0.0585. The molecule has 1 atom stereocenters. The van der Waals surface area contributed by atoms with E-state index in [1.54, 1.807) is 24.3 Å². The molecule has 2 aromatic carbocycles. The average Bonchev–Trinajstić information content (AvgIpc) is 3.32. The maximum Gasteiger partial charge on any atom is 0.257 e. The monoisotopic (exact) mass is 477 g/mol. The molecule has 1 saturated heterocycles. The van der Waals surface area contributed by atoms with Crippen molar-refractivity contribution in [3.63, 3.8) is 0 Å². The Labute approximate surface area is 206 Å². The third-order valence-electron chi connectivity index (χ3n) is 7.87. The van der Waals surface area contributed by atoms with Crippen LogP contribution in [-0.4, -0.2) is 35.0 Å². The van der Waals surface area contributed by atoms with E-state index in [1.807, 2.05) is 24.8 Å². The van der Waals surface area contributed by atoms with Crippen LogP contribution >= 0.6 is 0 Å². The van der Waals surface area contributed by atoms with Gasteiger partial charge in [-0.1, -0.05) is 50.1 Å². The van der Waals surface area contributed by atoms with E-state index in [0.717, 1.165) is 18.4 Å². The molecule has 1 unspecified atom stereocenters. The van der Waals surface area contributed by atoms with Crippen molar-refractivity contribution < 1.29 is 9.90 Å². The standard InChI is InChI=1S/C28H35N3O4/c1-4-9-18(3)20(5-2)29-22-23(26(34)25(22)33)30-21-11-8-10-19(24(21)32)27(35)31-16-14-28(15-17-31)12-6-7-13-28/h4,8-11,20,29-30,32H,1,5-7,12-17H2,2-3H3. The second-order valence-electron chi connectivity index (χ2n) is 9.99. The fourth-order valence-corrected chi connectivity index (χ4v) is 5.59. The predicted octanol–water partition coefficient (Wildman–Crippen LogP) is 4.85. The van der Waals surface area contributed by atoms with Gasteiger partial charge in [-0.05, 0) is 56.6 Å².